The van der Waals surface area contributed by atoms with Crippen LogP contribution in [-0.2, 0) is 9.53 Å². The first-order valence-corrected chi connectivity index (χ1v) is 4.50. The van der Waals surface area contributed by atoms with Crippen LogP contribution in [0, 0.1) is 0 Å². The van der Waals surface area contributed by atoms with E-state index in [4.69, 9.17) is 15.6 Å². The van der Waals surface area contributed by atoms with Crippen LogP contribution in [0.15, 0.2) is 18.2 Å². The van der Waals surface area contributed by atoms with Gasteiger partial charge in [0.05, 0.1) is 6.61 Å². The van der Waals surface area contributed by atoms with E-state index < -0.39 is 12.0 Å². The number of nitrogens with two attached hydrogens (primary N) is 1. The first-order valence-electron chi connectivity index (χ1n) is 4.50. The number of ether oxygens (including phenoxy) is 1. The molecule has 1 aromatic rings. The van der Waals surface area contributed by atoms with Crippen molar-refractivity contribution in [3.8, 4) is 11.5 Å². The van der Waals surface area contributed by atoms with Crippen LogP contribution in [0.25, 0.3) is 0 Å². The number of carbonyl (C=O) groups is 1. The molecular weight excluding hydrogens is 198 g/mol. The van der Waals surface area contributed by atoms with Crippen molar-refractivity contribution in [1.29, 1.82) is 0 Å². The van der Waals surface area contributed by atoms with Crippen LogP contribution in [0.4, 0.5) is 0 Å². The lowest BCUT2D eigenvalue weighted by atomic mass is 10.1. The maximum absolute atomic E-state index is 11.3. The van der Waals surface area contributed by atoms with Gasteiger partial charge < -0.3 is 20.7 Å². The van der Waals surface area contributed by atoms with Gasteiger partial charge in [0.25, 0.3) is 0 Å². The van der Waals surface area contributed by atoms with Gasteiger partial charge in [0.1, 0.15) is 17.5 Å². The lowest BCUT2D eigenvalue weighted by Gasteiger charge is -2.12. The maximum Gasteiger partial charge on any atom is 0.327 e. The molecule has 82 valence electrons. The second-order valence-corrected chi connectivity index (χ2v) is 2.97. The fourth-order valence-corrected chi connectivity index (χ4v) is 1.15. The van der Waals surface area contributed by atoms with Gasteiger partial charge in [-0.25, -0.2) is 4.79 Å². The van der Waals surface area contributed by atoms with E-state index in [9.17, 15) is 9.90 Å². The third kappa shape index (κ3) is 2.60. The van der Waals surface area contributed by atoms with Crippen molar-refractivity contribution in [2.24, 2.45) is 5.73 Å². The molecule has 0 radical (unpaired) electrons. The molecule has 0 aliphatic rings. The summed E-state index contributed by atoms with van der Waals surface area (Å²) < 4.78 is 4.71. The van der Waals surface area contributed by atoms with Gasteiger partial charge >= 0.3 is 5.97 Å². The third-order valence-corrected chi connectivity index (χ3v) is 1.89. The zero-order valence-electron chi connectivity index (χ0n) is 8.30. The van der Waals surface area contributed by atoms with E-state index in [1.165, 1.54) is 12.1 Å². The van der Waals surface area contributed by atoms with Crippen molar-refractivity contribution < 1.29 is 19.7 Å². The monoisotopic (exact) mass is 211 g/mol. The summed E-state index contributed by atoms with van der Waals surface area (Å²) in [4.78, 5) is 11.3. The highest BCUT2D eigenvalue weighted by atomic mass is 16.5. The van der Waals surface area contributed by atoms with Gasteiger partial charge in [-0.15, -0.1) is 0 Å². The summed E-state index contributed by atoms with van der Waals surface area (Å²) in [6.07, 6.45) is 0. The zero-order chi connectivity index (χ0) is 11.4. The minimum Gasteiger partial charge on any atom is -0.508 e. The first kappa shape index (κ1) is 11.3. The van der Waals surface area contributed by atoms with Crippen LogP contribution in [-0.4, -0.2) is 22.8 Å². The minimum atomic E-state index is -1.04. The topological polar surface area (TPSA) is 92.8 Å². The molecule has 15 heavy (non-hydrogen) atoms. The average Bonchev–Trinajstić information content (AvgIpc) is 2.17. The molecule has 0 aliphatic carbocycles. The molecule has 0 bridgehead atoms. The van der Waals surface area contributed by atoms with Crippen molar-refractivity contribution >= 4 is 5.97 Å². The van der Waals surface area contributed by atoms with Crippen LogP contribution < -0.4 is 5.73 Å². The van der Waals surface area contributed by atoms with Crippen molar-refractivity contribution in [3.63, 3.8) is 0 Å². The molecular formula is C10H13NO4. The van der Waals surface area contributed by atoms with Gasteiger partial charge in [-0.2, -0.15) is 0 Å². The molecule has 1 aromatic carbocycles. The molecule has 4 N–H and O–H groups in total. The van der Waals surface area contributed by atoms with Gasteiger partial charge in [0.15, 0.2) is 0 Å². The highest BCUT2D eigenvalue weighted by molar-refractivity contribution is 5.78. The van der Waals surface area contributed by atoms with E-state index in [0.717, 1.165) is 6.07 Å². The van der Waals surface area contributed by atoms with E-state index in [1.54, 1.807) is 6.92 Å². The van der Waals surface area contributed by atoms with E-state index in [1.807, 2.05) is 0 Å². The van der Waals surface area contributed by atoms with E-state index in [0.29, 0.717) is 0 Å². The Morgan fingerprint density at radius 3 is 2.73 bits per heavy atom. The Kier molecular flexibility index (Phi) is 3.51. The maximum atomic E-state index is 11.3. The number of hydrogen-bond acceptors (Lipinski definition) is 5. The summed E-state index contributed by atoms with van der Waals surface area (Å²) in [5, 5.41) is 18.5. The van der Waals surface area contributed by atoms with E-state index in [-0.39, 0.29) is 23.7 Å². The molecule has 1 rings (SSSR count). The average molecular weight is 211 g/mol. The predicted octanol–water partition coefficient (Wildman–Crippen LogP) is 0.661. The molecule has 0 amide bonds. The summed E-state index contributed by atoms with van der Waals surface area (Å²) in [6, 6.07) is 2.81. The Morgan fingerprint density at radius 2 is 2.20 bits per heavy atom. The van der Waals surface area contributed by atoms with Gasteiger partial charge in [0.2, 0.25) is 0 Å². The molecule has 5 heteroatoms. The Morgan fingerprint density at radius 1 is 1.53 bits per heavy atom. The normalized spacial score (nSPS) is 12.1. The fraction of sp³-hybridized carbons (Fsp3) is 0.300. The standard InChI is InChI=1S/C10H13NO4/c1-2-15-10(14)9(11)7-4-3-6(12)5-8(7)13/h3-5,9,12-13H,2,11H2,1H3/t9-/m1/s1. The largest absolute Gasteiger partial charge is 0.508 e. The lowest BCUT2D eigenvalue weighted by molar-refractivity contribution is -0.144. The van der Waals surface area contributed by atoms with Gasteiger partial charge in [-0.1, -0.05) is 0 Å². The van der Waals surface area contributed by atoms with Gasteiger partial charge in [-0.05, 0) is 19.1 Å². The molecule has 0 fully saturated rings. The summed E-state index contributed by atoms with van der Waals surface area (Å²) in [5.41, 5.74) is 5.79. The van der Waals surface area contributed by atoms with Crippen LogP contribution in [0.3, 0.4) is 0 Å². The highest BCUT2D eigenvalue weighted by Crippen LogP contribution is 2.27. The van der Waals surface area contributed by atoms with Gasteiger partial charge in [-0.3, -0.25) is 0 Å². The van der Waals surface area contributed by atoms with E-state index >= 15 is 0 Å². The third-order valence-electron chi connectivity index (χ3n) is 1.89. The molecule has 5 nitrogen and oxygen atoms in total. The number of phenolic OH excluding ortho intramolecular Hbond substituents is 2. The number of esters is 1. The minimum absolute atomic E-state index is 0.0905. The predicted molar refractivity (Wildman–Crippen MR) is 53.3 cm³/mol. The number of phenols is 2. The molecule has 0 unspecified atom stereocenters. The molecule has 0 heterocycles. The molecule has 0 spiro atoms. The molecule has 1 atom stereocenters. The highest BCUT2D eigenvalue weighted by Gasteiger charge is 2.20. The molecule has 0 aromatic heterocycles. The Bertz CT molecular complexity index is 364. The summed E-state index contributed by atoms with van der Waals surface area (Å²) >= 11 is 0. The zero-order valence-corrected chi connectivity index (χ0v) is 8.30. The SMILES string of the molecule is CCOC(=O)[C@H](N)c1ccc(O)cc1O. The molecule has 0 saturated carbocycles. The van der Waals surface area contributed by atoms with Crippen LogP contribution in [0.5, 0.6) is 11.5 Å². The lowest BCUT2D eigenvalue weighted by Crippen LogP contribution is -2.23. The molecule has 0 aliphatic heterocycles. The number of rotatable bonds is 3. The van der Waals surface area contributed by atoms with Crippen molar-refractivity contribution in [3.05, 3.63) is 23.8 Å². The number of benzene rings is 1. The fourth-order valence-electron chi connectivity index (χ4n) is 1.15. The van der Waals surface area contributed by atoms with E-state index in [2.05, 4.69) is 0 Å². The number of aromatic hydroxyl groups is 2. The Hall–Kier alpha value is -1.75. The van der Waals surface area contributed by atoms with Crippen LogP contribution in [0.2, 0.25) is 0 Å². The summed E-state index contributed by atoms with van der Waals surface area (Å²) in [7, 11) is 0. The number of hydrogen-bond donors (Lipinski definition) is 3. The summed E-state index contributed by atoms with van der Waals surface area (Å²) in [6.45, 7) is 1.90. The number of carbonyl (C=O) groups excluding carboxylic acids is 1. The van der Waals surface area contributed by atoms with Crippen LogP contribution >= 0.6 is 0 Å². The smallest absolute Gasteiger partial charge is 0.327 e. The van der Waals surface area contributed by atoms with Crippen molar-refractivity contribution in [1.82, 2.24) is 0 Å². The Balaban J connectivity index is 2.91. The second-order valence-electron chi connectivity index (χ2n) is 2.97. The van der Waals surface area contributed by atoms with Crippen LogP contribution in [0.1, 0.15) is 18.5 Å². The van der Waals surface area contributed by atoms with Gasteiger partial charge in [0, 0.05) is 11.6 Å². The van der Waals surface area contributed by atoms with Crippen molar-refractivity contribution in [2.75, 3.05) is 6.61 Å². The second kappa shape index (κ2) is 4.65. The quantitative estimate of drug-likeness (QED) is 0.639. The Labute approximate surface area is 87.1 Å². The summed E-state index contributed by atoms with van der Waals surface area (Å²) in [5.74, 6) is -0.929. The van der Waals surface area contributed by atoms with Crippen molar-refractivity contribution in [2.45, 2.75) is 13.0 Å². The molecule has 0 saturated heterocycles. The first-order chi connectivity index (χ1) is 7.06.